The van der Waals surface area contributed by atoms with Gasteiger partial charge in [0.25, 0.3) is 0 Å². The van der Waals surface area contributed by atoms with E-state index in [9.17, 15) is 4.79 Å². The van der Waals surface area contributed by atoms with Gasteiger partial charge in [-0.15, -0.1) is 0 Å². The molecule has 1 aromatic carbocycles. The molecule has 0 spiro atoms. The summed E-state index contributed by atoms with van der Waals surface area (Å²) in [5.74, 6) is 0.230. The fourth-order valence-corrected chi connectivity index (χ4v) is 3.54. The molecule has 0 radical (unpaired) electrons. The largest absolute Gasteiger partial charge is 0.297 e. The second kappa shape index (κ2) is 3.78. The van der Waals surface area contributed by atoms with Crippen LogP contribution in [0.2, 0.25) is 0 Å². The van der Waals surface area contributed by atoms with E-state index in [0.29, 0.717) is 5.33 Å². The maximum absolute atomic E-state index is 11.7. The Labute approximate surface area is 100 Å². The molecule has 0 fully saturated rings. The highest BCUT2D eigenvalue weighted by Gasteiger charge is 2.40. The van der Waals surface area contributed by atoms with Crippen LogP contribution >= 0.6 is 31.9 Å². The lowest BCUT2D eigenvalue weighted by Crippen LogP contribution is -2.33. The van der Waals surface area contributed by atoms with Crippen LogP contribution in [0.3, 0.4) is 0 Å². The lowest BCUT2D eigenvalue weighted by atomic mass is 10.0. The van der Waals surface area contributed by atoms with E-state index in [1.165, 1.54) is 11.1 Å². The Kier molecular flexibility index (Phi) is 2.80. The maximum atomic E-state index is 11.7. The minimum atomic E-state index is -0.361. The summed E-state index contributed by atoms with van der Waals surface area (Å²) in [6.07, 6.45) is 1.63. The number of hydrogen-bond acceptors (Lipinski definition) is 1. The Balaban J connectivity index is 2.30. The average Bonchev–Trinajstić information content (AvgIpc) is 2.54. The fourth-order valence-electron chi connectivity index (χ4n) is 1.89. The van der Waals surface area contributed by atoms with E-state index in [4.69, 9.17) is 0 Å². The zero-order chi connectivity index (χ0) is 10.2. The molecule has 3 heteroatoms. The van der Waals surface area contributed by atoms with E-state index in [2.05, 4.69) is 44.0 Å². The van der Waals surface area contributed by atoms with Crippen LogP contribution in [0, 0.1) is 0 Å². The van der Waals surface area contributed by atoms with Crippen LogP contribution in [0.15, 0.2) is 24.3 Å². The van der Waals surface area contributed by atoms with Gasteiger partial charge in [-0.2, -0.15) is 0 Å². The van der Waals surface area contributed by atoms with Gasteiger partial charge in [0, 0.05) is 0 Å². The summed E-state index contributed by atoms with van der Waals surface area (Å²) < 4.78 is -0.361. The lowest BCUT2D eigenvalue weighted by molar-refractivity contribution is -0.118. The Hall–Kier alpha value is -0.150. The van der Waals surface area contributed by atoms with E-state index < -0.39 is 0 Å². The van der Waals surface area contributed by atoms with Crippen molar-refractivity contribution in [2.24, 2.45) is 0 Å². The van der Waals surface area contributed by atoms with Crippen molar-refractivity contribution in [1.82, 2.24) is 0 Å². The molecule has 1 aromatic rings. The van der Waals surface area contributed by atoms with Crippen LogP contribution in [0.1, 0.15) is 11.1 Å². The van der Waals surface area contributed by atoms with E-state index in [1.54, 1.807) is 0 Å². The Morgan fingerprint density at radius 1 is 1.29 bits per heavy atom. The number of rotatable bonds is 2. The molecule has 0 saturated heterocycles. The quantitative estimate of drug-likeness (QED) is 0.767. The molecule has 0 heterocycles. The van der Waals surface area contributed by atoms with Gasteiger partial charge in [0.1, 0.15) is 0 Å². The van der Waals surface area contributed by atoms with Crippen molar-refractivity contribution in [1.29, 1.82) is 0 Å². The van der Waals surface area contributed by atoms with Crippen molar-refractivity contribution in [3.63, 3.8) is 0 Å². The van der Waals surface area contributed by atoms with Crippen LogP contribution in [0.4, 0.5) is 0 Å². The Morgan fingerprint density at radius 2 is 1.79 bits per heavy atom. The zero-order valence-electron chi connectivity index (χ0n) is 7.59. The first kappa shape index (κ1) is 10.4. The third-order valence-electron chi connectivity index (χ3n) is 2.68. The van der Waals surface area contributed by atoms with Gasteiger partial charge in [0.2, 0.25) is 0 Å². The normalized spacial score (nSPS) is 17.9. The second-order valence-electron chi connectivity index (χ2n) is 3.64. The van der Waals surface area contributed by atoms with Crippen LogP contribution in [-0.2, 0) is 17.6 Å². The van der Waals surface area contributed by atoms with Crippen molar-refractivity contribution in [2.45, 2.75) is 17.2 Å². The van der Waals surface area contributed by atoms with Crippen LogP contribution < -0.4 is 0 Å². The van der Waals surface area contributed by atoms with Crippen molar-refractivity contribution >= 4 is 37.6 Å². The van der Waals surface area contributed by atoms with Gasteiger partial charge in [-0.25, -0.2) is 0 Å². The average molecular weight is 318 g/mol. The molecule has 2 rings (SSSR count). The van der Waals surface area contributed by atoms with Gasteiger partial charge in [-0.1, -0.05) is 56.1 Å². The van der Waals surface area contributed by atoms with E-state index in [1.807, 2.05) is 12.1 Å². The summed E-state index contributed by atoms with van der Waals surface area (Å²) >= 11 is 6.80. The molecular formula is C11H10Br2O. The summed E-state index contributed by atoms with van der Waals surface area (Å²) in [6.45, 7) is 0. The van der Waals surface area contributed by atoms with E-state index in [0.717, 1.165) is 12.8 Å². The first-order chi connectivity index (χ1) is 6.65. The van der Waals surface area contributed by atoms with Crippen LogP contribution in [0.5, 0.6) is 0 Å². The van der Waals surface area contributed by atoms with Crippen molar-refractivity contribution < 1.29 is 4.79 Å². The van der Waals surface area contributed by atoms with Gasteiger partial charge >= 0.3 is 0 Å². The number of alkyl halides is 2. The number of carbonyl (C=O) groups excluding carboxylic acids is 1. The van der Waals surface area contributed by atoms with E-state index >= 15 is 0 Å². The van der Waals surface area contributed by atoms with E-state index in [-0.39, 0.29) is 10.1 Å². The minimum Gasteiger partial charge on any atom is -0.297 e. The van der Waals surface area contributed by atoms with Gasteiger partial charge in [-0.05, 0) is 24.0 Å². The monoisotopic (exact) mass is 316 g/mol. The third-order valence-corrected chi connectivity index (χ3v) is 4.19. The van der Waals surface area contributed by atoms with Crippen molar-refractivity contribution in [3.8, 4) is 0 Å². The molecule has 74 valence electrons. The molecule has 0 amide bonds. The summed E-state index contributed by atoms with van der Waals surface area (Å²) in [6, 6.07) is 8.24. The predicted octanol–water partition coefficient (Wildman–Crippen LogP) is 2.88. The second-order valence-corrected chi connectivity index (χ2v) is 5.72. The van der Waals surface area contributed by atoms with Gasteiger partial charge < -0.3 is 0 Å². The third kappa shape index (κ3) is 1.68. The summed E-state index contributed by atoms with van der Waals surface area (Å²) in [4.78, 5) is 11.7. The molecule has 14 heavy (non-hydrogen) atoms. The Morgan fingerprint density at radius 3 is 2.21 bits per heavy atom. The SMILES string of the molecule is O=C(CBr)C1(Br)Cc2ccccc2C1. The highest BCUT2D eigenvalue weighted by Crippen LogP contribution is 2.37. The highest BCUT2D eigenvalue weighted by atomic mass is 79.9. The Bertz CT molecular complexity index is 348. The predicted molar refractivity (Wildman–Crippen MR) is 64.3 cm³/mol. The standard InChI is InChI=1S/C11H10Br2O/c12-7-10(14)11(13)5-8-3-1-2-4-9(8)6-11/h1-4H,5-7H2. The molecule has 0 N–H and O–H groups in total. The molecule has 0 saturated carbocycles. The molecule has 1 nitrogen and oxygen atoms in total. The molecule has 0 aromatic heterocycles. The van der Waals surface area contributed by atoms with Gasteiger partial charge in [0.15, 0.2) is 5.78 Å². The summed E-state index contributed by atoms with van der Waals surface area (Å²) in [5.41, 5.74) is 2.58. The number of hydrogen-bond donors (Lipinski definition) is 0. The lowest BCUT2D eigenvalue weighted by Gasteiger charge is -2.17. The molecule has 0 aliphatic heterocycles. The first-order valence-electron chi connectivity index (χ1n) is 4.51. The molecule has 1 aliphatic rings. The first-order valence-corrected chi connectivity index (χ1v) is 6.42. The number of ketones is 1. The van der Waals surface area contributed by atoms with Gasteiger partial charge in [-0.3, -0.25) is 4.79 Å². The molecular weight excluding hydrogens is 308 g/mol. The topological polar surface area (TPSA) is 17.1 Å². The maximum Gasteiger partial charge on any atom is 0.160 e. The minimum absolute atomic E-state index is 0.230. The highest BCUT2D eigenvalue weighted by molar-refractivity contribution is 9.10. The number of benzene rings is 1. The molecule has 1 aliphatic carbocycles. The molecule has 0 unspecified atom stereocenters. The van der Waals surface area contributed by atoms with Crippen molar-refractivity contribution in [2.75, 3.05) is 5.33 Å². The smallest absolute Gasteiger partial charge is 0.160 e. The van der Waals surface area contributed by atoms with Crippen LogP contribution in [-0.4, -0.2) is 15.4 Å². The number of halogens is 2. The summed E-state index contributed by atoms with van der Waals surface area (Å²) in [5, 5.41) is 0.423. The molecule has 0 bridgehead atoms. The number of fused-ring (bicyclic) bond motifs is 1. The zero-order valence-corrected chi connectivity index (χ0v) is 10.8. The fraction of sp³-hybridized carbons (Fsp3) is 0.364. The van der Waals surface area contributed by atoms with Crippen molar-refractivity contribution in [3.05, 3.63) is 35.4 Å². The number of carbonyl (C=O) groups is 1. The molecule has 0 atom stereocenters. The number of Topliss-reactive ketones (excluding diaryl/α,β-unsaturated/α-hetero) is 1. The summed E-state index contributed by atoms with van der Waals surface area (Å²) in [7, 11) is 0. The van der Waals surface area contributed by atoms with Crippen LogP contribution in [0.25, 0.3) is 0 Å². The van der Waals surface area contributed by atoms with Gasteiger partial charge in [0.05, 0.1) is 9.65 Å².